The molecule has 1 amide bonds. The van der Waals surface area contributed by atoms with Crippen molar-refractivity contribution in [2.75, 3.05) is 20.3 Å². The van der Waals surface area contributed by atoms with E-state index in [1.807, 2.05) is 18.7 Å². The van der Waals surface area contributed by atoms with Crippen molar-refractivity contribution in [1.29, 1.82) is 0 Å². The molecule has 1 aliphatic rings. The Labute approximate surface area is 125 Å². The maximum absolute atomic E-state index is 12.9. The monoisotopic (exact) mass is 296 g/mol. The van der Waals surface area contributed by atoms with Gasteiger partial charge in [0.25, 0.3) is 5.91 Å². The molecule has 0 radical (unpaired) electrons. The molecule has 2 rings (SSSR count). The second-order valence-electron chi connectivity index (χ2n) is 5.62. The number of methoxy groups -OCH3 is 1. The number of amides is 1. The maximum atomic E-state index is 12.9. The number of hydrogen-bond donors (Lipinski definition) is 0. The van der Waals surface area contributed by atoms with Crippen molar-refractivity contribution in [3.63, 3.8) is 0 Å². The summed E-state index contributed by atoms with van der Waals surface area (Å²) in [5.41, 5.74) is 0.734. The number of hydrogen-bond acceptors (Lipinski definition) is 4. The van der Waals surface area contributed by atoms with Gasteiger partial charge in [-0.25, -0.2) is 4.98 Å². The van der Waals surface area contributed by atoms with Gasteiger partial charge in [0.15, 0.2) is 0 Å². The first kappa shape index (κ1) is 15.4. The Morgan fingerprint density at radius 1 is 1.50 bits per heavy atom. The fourth-order valence-electron chi connectivity index (χ4n) is 3.32. The minimum atomic E-state index is -0.120. The number of carbonyl (C=O) groups is 1. The third-order valence-electron chi connectivity index (χ3n) is 4.07. The van der Waals surface area contributed by atoms with Gasteiger partial charge in [-0.15, -0.1) is 11.3 Å². The Balaban J connectivity index is 2.29. The number of ether oxygens (including phenoxy) is 1. The van der Waals surface area contributed by atoms with Gasteiger partial charge in [-0.3, -0.25) is 4.79 Å². The Bertz CT molecular complexity index is 478. The van der Waals surface area contributed by atoms with Crippen molar-refractivity contribution >= 4 is 17.2 Å². The summed E-state index contributed by atoms with van der Waals surface area (Å²) in [5.74, 6) is 0.135. The topological polar surface area (TPSA) is 42.4 Å². The molecule has 1 aromatic heterocycles. The number of aryl methyl sites for hydroxylation is 2. The van der Waals surface area contributed by atoms with E-state index in [0.717, 1.165) is 47.8 Å². The first-order valence-electron chi connectivity index (χ1n) is 7.29. The smallest absolute Gasteiger partial charge is 0.266 e. The Hall–Kier alpha value is -0.940. The number of thiazole rings is 1. The summed E-state index contributed by atoms with van der Waals surface area (Å²) in [6.45, 7) is 7.50. The molecule has 1 saturated heterocycles. The summed E-state index contributed by atoms with van der Waals surface area (Å²) < 4.78 is 5.43. The van der Waals surface area contributed by atoms with Crippen LogP contribution in [0.25, 0.3) is 0 Å². The van der Waals surface area contributed by atoms with E-state index in [1.54, 1.807) is 7.11 Å². The van der Waals surface area contributed by atoms with Gasteiger partial charge in [0, 0.05) is 13.7 Å². The molecular formula is C15H24N2O2S. The van der Waals surface area contributed by atoms with Crippen LogP contribution in [0, 0.1) is 13.8 Å². The number of likely N-dealkylation sites (tertiary alicyclic amines) is 1. The second kappa shape index (κ2) is 6.22. The zero-order chi connectivity index (χ0) is 14.8. The number of rotatable bonds is 5. The normalized spacial score (nSPS) is 22.5. The van der Waals surface area contributed by atoms with Crippen molar-refractivity contribution in [2.45, 2.75) is 52.0 Å². The Morgan fingerprint density at radius 2 is 2.25 bits per heavy atom. The van der Waals surface area contributed by atoms with Crippen LogP contribution in [0.15, 0.2) is 0 Å². The molecule has 1 aliphatic heterocycles. The van der Waals surface area contributed by atoms with Crippen LogP contribution in [0.5, 0.6) is 0 Å². The van der Waals surface area contributed by atoms with E-state index in [1.165, 1.54) is 11.3 Å². The highest BCUT2D eigenvalue weighted by molar-refractivity contribution is 7.13. The van der Waals surface area contributed by atoms with Crippen molar-refractivity contribution in [3.8, 4) is 0 Å². The SMILES string of the molecule is CCCC1(COC)CCCN1C(=O)c1sc(C)nc1C. The Kier molecular flexibility index (Phi) is 4.81. The van der Waals surface area contributed by atoms with Crippen LogP contribution in [0.4, 0.5) is 0 Å². The largest absolute Gasteiger partial charge is 0.382 e. The highest BCUT2D eigenvalue weighted by atomic mass is 32.1. The zero-order valence-corrected chi connectivity index (χ0v) is 13.7. The van der Waals surface area contributed by atoms with Crippen LogP contribution in [0.3, 0.4) is 0 Å². The van der Waals surface area contributed by atoms with Gasteiger partial charge >= 0.3 is 0 Å². The third-order valence-corrected chi connectivity index (χ3v) is 5.13. The molecule has 0 N–H and O–H groups in total. The lowest BCUT2D eigenvalue weighted by Gasteiger charge is -2.38. The highest BCUT2D eigenvalue weighted by Gasteiger charge is 2.43. The van der Waals surface area contributed by atoms with E-state index in [9.17, 15) is 4.79 Å². The van der Waals surface area contributed by atoms with Crippen molar-refractivity contribution in [3.05, 3.63) is 15.6 Å². The summed E-state index contributed by atoms with van der Waals surface area (Å²) in [6, 6.07) is 0. The van der Waals surface area contributed by atoms with Crippen LogP contribution in [-0.2, 0) is 4.74 Å². The lowest BCUT2D eigenvalue weighted by Crippen LogP contribution is -2.50. The lowest BCUT2D eigenvalue weighted by atomic mass is 9.91. The van der Waals surface area contributed by atoms with Gasteiger partial charge < -0.3 is 9.64 Å². The third kappa shape index (κ3) is 2.74. The number of aromatic nitrogens is 1. The van der Waals surface area contributed by atoms with Crippen LogP contribution in [0.1, 0.15) is 53.0 Å². The van der Waals surface area contributed by atoms with E-state index >= 15 is 0 Å². The first-order valence-corrected chi connectivity index (χ1v) is 8.10. The molecule has 0 spiro atoms. The summed E-state index contributed by atoms with van der Waals surface area (Å²) in [5, 5.41) is 0.956. The summed E-state index contributed by atoms with van der Waals surface area (Å²) in [6.07, 6.45) is 4.17. The quantitative estimate of drug-likeness (QED) is 0.838. The van der Waals surface area contributed by atoms with Gasteiger partial charge in [0.2, 0.25) is 0 Å². The average molecular weight is 296 g/mol. The minimum absolute atomic E-state index is 0.120. The van der Waals surface area contributed by atoms with Gasteiger partial charge in [0.1, 0.15) is 4.88 Å². The maximum Gasteiger partial charge on any atom is 0.266 e. The van der Waals surface area contributed by atoms with Crippen LogP contribution >= 0.6 is 11.3 Å². The molecule has 1 aromatic rings. The molecule has 4 nitrogen and oxygen atoms in total. The summed E-state index contributed by atoms with van der Waals surface area (Å²) in [7, 11) is 1.72. The van der Waals surface area contributed by atoms with Crippen molar-refractivity contribution in [2.24, 2.45) is 0 Å². The van der Waals surface area contributed by atoms with Gasteiger partial charge in [-0.1, -0.05) is 13.3 Å². The van der Waals surface area contributed by atoms with E-state index in [2.05, 4.69) is 11.9 Å². The molecule has 0 saturated carbocycles. The number of carbonyl (C=O) groups excluding carboxylic acids is 1. The van der Waals surface area contributed by atoms with Crippen LogP contribution in [-0.4, -0.2) is 41.6 Å². The average Bonchev–Trinajstić information content (AvgIpc) is 2.93. The fourth-order valence-corrected chi connectivity index (χ4v) is 4.19. The summed E-state index contributed by atoms with van der Waals surface area (Å²) >= 11 is 1.50. The number of nitrogens with zero attached hydrogens (tertiary/aromatic N) is 2. The van der Waals surface area contributed by atoms with Gasteiger partial charge in [-0.05, 0) is 33.1 Å². The standard InChI is InChI=1S/C15H24N2O2S/c1-5-7-15(10-19-4)8-6-9-17(15)14(18)13-11(2)16-12(3)20-13/h5-10H2,1-4H3. The van der Waals surface area contributed by atoms with E-state index in [-0.39, 0.29) is 11.4 Å². The predicted molar refractivity (Wildman–Crippen MR) is 81.4 cm³/mol. The molecule has 112 valence electrons. The molecule has 0 aromatic carbocycles. The second-order valence-corrected chi connectivity index (χ2v) is 6.82. The van der Waals surface area contributed by atoms with E-state index in [4.69, 9.17) is 4.74 Å². The molecule has 1 fully saturated rings. The molecule has 5 heteroatoms. The molecule has 0 bridgehead atoms. The Morgan fingerprint density at radius 3 is 2.80 bits per heavy atom. The summed E-state index contributed by atoms with van der Waals surface area (Å²) in [4.78, 5) is 20.1. The highest BCUT2D eigenvalue weighted by Crippen LogP contribution is 2.36. The molecule has 0 aliphatic carbocycles. The van der Waals surface area contributed by atoms with E-state index in [0.29, 0.717) is 6.61 Å². The van der Waals surface area contributed by atoms with E-state index < -0.39 is 0 Å². The molecule has 2 heterocycles. The lowest BCUT2D eigenvalue weighted by molar-refractivity contribution is 0.0257. The fraction of sp³-hybridized carbons (Fsp3) is 0.733. The molecule has 20 heavy (non-hydrogen) atoms. The van der Waals surface area contributed by atoms with Gasteiger partial charge in [-0.2, -0.15) is 0 Å². The van der Waals surface area contributed by atoms with Crippen LogP contribution in [0.2, 0.25) is 0 Å². The minimum Gasteiger partial charge on any atom is -0.382 e. The molecular weight excluding hydrogens is 272 g/mol. The van der Waals surface area contributed by atoms with Crippen molar-refractivity contribution in [1.82, 2.24) is 9.88 Å². The van der Waals surface area contributed by atoms with Crippen LogP contribution < -0.4 is 0 Å². The van der Waals surface area contributed by atoms with Gasteiger partial charge in [0.05, 0.1) is 22.8 Å². The van der Waals surface area contributed by atoms with Crippen molar-refractivity contribution < 1.29 is 9.53 Å². The molecule has 1 unspecified atom stereocenters. The first-order chi connectivity index (χ1) is 9.54. The predicted octanol–water partition coefficient (Wildman–Crippen LogP) is 3.18. The molecule has 1 atom stereocenters. The zero-order valence-electron chi connectivity index (χ0n) is 12.9.